The average molecular weight is 422 g/mol. The monoisotopic (exact) mass is 421 g/mol. The molecule has 8 nitrogen and oxygen atoms in total. The molecule has 2 aromatic heterocycles. The van der Waals surface area contributed by atoms with Gasteiger partial charge in [-0.05, 0) is 55.8 Å². The molecule has 3 N–H and O–H groups in total. The molecule has 4 rings (SSSR count). The number of anilines is 4. The van der Waals surface area contributed by atoms with E-state index < -0.39 is 11.0 Å². The molecule has 1 atom stereocenters. The van der Waals surface area contributed by atoms with E-state index in [4.69, 9.17) is 5.14 Å². The molecule has 0 amide bonds. The zero-order chi connectivity index (χ0) is 21.4. The molecular weight excluding hydrogens is 398 g/mol. The van der Waals surface area contributed by atoms with Gasteiger partial charge in [0.15, 0.2) is 0 Å². The highest BCUT2D eigenvalue weighted by molar-refractivity contribution is 7.82. The van der Waals surface area contributed by atoms with Crippen LogP contribution in [0.5, 0.6) is 0 Å². The van der Waals surface area contributed by atoms with Gasteiger partial charge in [0, 0.05) is 42.7 Å². The molecule has 0 saturated carbocycles. The minimum absolute atomic E-state index is 0.437. The maximum atomic E-state index is 11.7. The van der Waals surface area contributed by atoms with Crippen LogP contribution in [0.3, 0.4) is 0 Å². The number of benzene rings is 2. The number of nitrogens with two attached hydrogens (primary N) is 1. The third-order valence-electron chi connectivity index (χ3n) is 5.15. The first-order valence-electron chi connectivity index (χ1n) is 9.37. The Morgan fingerprint density at radius 1 is 1.13 bits per heavy atom. The van der Waals surface area contributed by atoms with Gasteiger partial charge in [-0.25, -0.2) is 14.3 Å². The molecule has 0 spiro atoms. The fourth-order valence-corrected chi connectivity index (χ4v) is 3.91. The van der Waals surface area contributed by atoms with Crippen LogP contribution in [0.15, 0.2) is 53.6 Å². The third-order valence-corrected chi connectivity index (χ3v) is 6.02. The largest absolute Gasteiger partial charge is 0.329 e. The summed E-state index contributed by atoms with van der Waals surface area (Å²) in [6.45, 7) is 3.92. The summed E-state index contributed by atoms with van der Waals surface area (Å²) in [5.41, 5.74) is 4.63. The maximum absolute atomic E-state index is 11.7. The quantitative estimate of drug-likeness (QED) is 0.512. The molecule has 4 aromatic rings. The van der Waals surface area contributed by atoms with Crippen molar-refractivity contribution >= 4 is 45.0 Å². The number of aryl methyl sites for hydroxylation is 3. The van der Waals surface area contributed by atoms with Crippen LogP contribution in [0.4, 0.5) is 23.1 Å². The van der Waals surface area contributed by atoms with Crippen LogP contribution in [0, 0.1) is 13.8 Å². The Hall–Kier alpha value is -3.30. The number of aromatic nitrogens is 4. The van der Waals surface area contributed by atoms with E-state index >= 15 is 0 Å². The number of nitrogens with one attached hydrogen (secondary N) is 1. The lowest BCUT2D eigenvalue weighted by Gasteiger charge is -2.19. The number of rotatable bonds is 5. The van der Waals surface area contributed by atoms with Crippen molar-refractivity contribution in [1.29, 1.82) is 0 Å². The molecule has 2 aromatic carbocycles. The molecule has 0 aliphatic heterocycles. The van der Waals surface area contributed by atoms with Gasteiger partial charge in [0.05, 0.1) is 10.4 Å². The van der Waals surface area contributed by atoms with Crippen molar-refractivity contribution in [3.63, 3.8) is 0 Å². The van der Waals surface area contributed by atoms with E-state index in [0.717, 1.165) is 39.4 Å². The van der Waals surface area contributed by atoms with Crippen LogP contribution in [0.25, 0.3) is 10.9 Å². The summed E-state index contributed by atoms with van der Waals surface area (Å²) in [4.78, 5) is 11.5. The van der Waals surface area contributed by atoms with Crippen LogP contribution >= 0.6 is 0 Å². The van der Waals surface area contributed by atoms with Gasteiger partial charge >= 0.3 is 0 Å². The SMILES string of the molecule is Cc1ccc(Nc2nccc(N(C)c3ccc4c(C)n(C)nc4c3)n2)cc1S(N)=O. The van der Waals surface area contributed by atoms with Gasteiger partial charge < -0.3 is 10.2 Å². The van der Waals surface area contributed by atoms with E-state index in [1.165, 1.54) is 0 Å². The summed E-state index contributed by atoms with van der Waals surface area (Å²) < 4.78 is 13.6. The van der Waals surface area contributed by atoms with Crippen molar-refractivity contribution in [2.45, 2.75) is 18.7 Å². The van der Waals surface area contributed by atoms with Crippen molar-refractivity contribution < 1.29 is 4.21 Å². The first-order chi connectivity index (χ1) is 14.3. The average Bonchev–Trinajstić information content (AvgIpc) is 3.02. The van der Waals surface area contributed by atoms with Crippen molar-refractivity contribution in [3.8, 4) is 0 Å². The molecule has 30 heavy (non-hydrogen) atoms. The number of fused-ring (bicyclic) bond motifs is 1. The summed E-state index contributed by atoms with van der Waals surface area (Å²) >= 11 is 0. The fraction of sp³-hybridized carbons (Fsp3) is 0.190. The molecule has 0 fully saturated rings. The zero-order valence-electron chi connectivity index (χ0n) is 17.2. The summed E-state index contributed by atoms with van der Waals surface area (Å²) in [6.07, 6.45) is 1.70. The zero-order valence-corrected chi connectivity index (χ0v) is 18.1. The van der Waals surface area contributed by atoms with Gasteiger partial charge in [-0.2, -0.15) is 10.1 Å². The summed E-state index contributed by atoms with van der Waals surface area (Å²) in [6, 6.07) is 13.5. The standard InChI is InChI=1S/C21H23N7OS/c1-13-5-6-15(11-19(13)30(22)29)24-21-23-10-9-20(25-21)27(3)16-7-8-17-14(2)28(4)26-18(17)12-16/h5-12H,22H2,1-4H3,(H,23,24,25). The lowest BCUT2D eigenvalue weighted by atomic mass is 10.2. The molecule has 0 radical (unpaired) electrons. The minimum atomic E-state index is -1.55. The van der Waals surface area contributed by atoms with Gasteiger partial charge in [-0.1, -0.05) is 6.07 Å². The van der Waals surface area contributed by atoms with Crippen molar-refractivity contribution in [2.24, 2.45) is 12.2 Å². The van der Waals surface area contributed by atoms with Gasteiger partial charge in [0.1, 0.15) is 16.8 Å². The first-order valence-corrected chi connectivity index (χ1v) is 10.6. The molecule has 9 heteroatoms. The Labute approximate surface area is 177 Å². The van der Waals surface area contributed by atoms with Crippen LogP contribution in [0.2, 0.25) is 0 Å². The van der Waals surface area contributed by atoms with E-state index in [1.54, 1.807) is 12.3 Å². The second kappa shape index (κ2) is 7.85. The predicted molar refractivity (Wildman–Crippen MR) is 121 cm³/mol. The van der Waals surface area contributed by atoms with Gasteiger partial charge in [-0.15, -0.1) is 0 Å². The first kappa shape index (κ1) is 20.0. The summed E-state index contributed by atoms with van der Waals surface area (Å²) in [5.74, 6) is 1.17. The lowest BCUT2D eigenvalue weighted by Crippen LogP contribution is -2.12. The normalized spacial score (nSPS) is 12.2. The van der Waals surface area contributed by atoms with E-state index in [2.05, 4.69) is 39.4 Å². The molecule has 154 valence electrons. The van der Waals surface area contributed by atoms with E-state index in [-0.39, 0.29) is 0 Å². The van der Waals surface area contributed by atoms with Gasteiger partial charge in [0.2, 0.25) is 5.95 Å². The number of hydrogen-bond donors (Lipinski definition) is 2. The number of hydrogen-bond acceptors (Lipinski definition) is 6. The molecular formula is C21H23N7OS. The Morgan fingerprint density at radius 3 is 2.70 bits per heavy atom. The second-order valence-corrected chi connectivity index (χ2v) is 8.15. The van der Waals surface area contributed by atoms with Crippen LogP contribution < -0.4 is 15.4 Å². The van der Waals surface area contributed by atoms with Crippen molar-refractivity contribution in [2.75, 3.05) is 17.3 Å². The fourth-order valence-electron chi connectivity index (χ4n) is 3.28. The predicted octanol–water partition coefficient (Wildman–Crippen LogP) is 3.47. The van der Waals surface area contributed by atoms with Crippen LogP contribution in [-0.2, 0) is 18.0 Å². The van der Waals surface area contributed by atoms with Crippen molar-refractivity contribution in [3.05, 3.63) is 59.9 Å². The molecule has 0 bridgehead atoms. The lowest BCUT2D eigenvalue weighted by molar-refractivity contribution is 0.684. The molecule has 2 heterocycles. The Kier molecular flexibility index (Phi) is 5.23. The second-order valence-electron chi connectivity index (χ2n) is 7.11. The summed E-state index contributed by atoms with van der Waals surface area (Å²) in [5, 5.41) is 14.4. The Balaban J connectivity index is 1.61. The molecule has 0 aliphatic carbocycles. The van der Waals surface area contributed by atoms with Crippen molar-refractivity contribution in [1.82, 2.24) is 19.7 Å². The Morgan fingerprint density at radius 2 is 1.93 bits per heavy atom. The topological polar surface area (TPSA) is 102 Å². The Bertz CT molecular complexity index is 1270. The number of nitrogens with zero attached hydrogens (tertiary/aromatic N) is 5. The highest BCUT2D eigenvalue weighted by Crippen LogP contribution is 2.28. The highest BCUT2D eigenvalue weighted by atomic mass is 32.2. The maximum Gasteiger partial charge on any atom is 0.229 e. The van der Waals surface area contributed by atoms with E-state index in [0.29, 0.717) is 10.8 Å². The van der Waals surface area contributed by atoms with Gasteiger partial charge in [0.25, 0.3) is 0 Å². The highest BCUT2D eigenvalue weighted by Gasteiger charge is 2.12. The molecule has 1 unspecified atom stereocenters. The molecule has 0 aliphatic rings. The van der Waals surface area contributed by atoms with Gasteiger partial charge in [-0.3, -0.25) is 4.68 Å². The summed E-state index contributed by atoms with van der Waals surface area (Å²) in [7, 11) is 2.34. The minimum Gasteiger partial charge on any atom is -0.329 e. The van der Waals surface area contributed by atoms with Crippen LogP contribution in [0.1, 0.15) is 11.3 Å². The van der Waals surface area contributed by atoms with E-state index in [1.807, 2.05) is 54.9 Å². The smallest absolute Gasteiger partial charge is 0.229 e. The third kappa shape index (κ3) is 3.77. The van der Waals surface area contributed by atoms with Crippen LogP contribution in [-0.4, -0.2) is 31.0 Å². The molecule has 0 saturated heterocycles. The van der Waals surface area contributed by atoms with E-state index in [9.17, 15) is 4.21 Å².